The smallest absolute Gasteiger partial charge is 0.451 e. The van der Waals surface area contributed by atoms with E-state index in [4.69, 9.17) is 4.74 Å². The molecule has 5 rings (SSSR count). The second kappa shape index (κ2) is 9.15. The predicted molar refractivity (Wildman–Crippen MR) is 120 cm³/mol. The molecule has 3 aromatic rings. The van der Waals surface area contributed by atoms with Crippen molar-refractivity contribution in [2.24, 2.45) is 5.92 Å². The number of aliphatic hydroxyl groups excluding tert-OH is 1. The first kappa shape index (κ1) is 24.7. The van der Waals surface area contributed by atoms with Crippen LogP contribution in [0.4, 0.5) is 23.2 Å². The Morgan fingerprint density at radius 2 is 2.03 bits per heavy atom. The standard InChI is InChI=1S/C23H21F4N7O3/c1-37-16-3-2-14-19(18(16)24)29-9-12(8-28)20(14)32-5-4-13(15(35)10-32)21(36)33-6-7-34-17(11-33)30-31-22(34)23(25,26)27/h2-3,9,13,15,35H,4-7,10-11H2,1H3/t13-,15+/m1/s1. The molecule has 2 atom stereocenters. The molecule has 1 aromatic carbocycles. The van der Waals surface area contributed by atoms with Crippen molar-refractivity contribution in [3.05, 3.63) is 41.4 Å². The van der Waals surface area contributed by atoms with E-state index in [1.807, 2.05) is 6.07 Å². The molecular weight excluding hydrogens is 498 g/mol. The highest BCUT2D eigenvalue weighted by Crippen LogP contribution is 2.36. The first-order valence-corrected chi connectivity index (χ1v) is 11.4. The Labute approximate surface area is 207 Å². The van der Waals surface area contributed by atoms with Crippen molar-refractivity contribution in [3.8, 4) is 11.8 Å². The highest BCUT2D eigenvalue weighted by atomic mass is 19.4. The Kier molecular flexibility index (Phi) is 6.10. The van der Waals surface area contributed by atoms with Crippen molar-refractivity contribution in [1.29, 1.82) is 5.26 Å². The van der Waals surface area contributed by atoms with Gasteiger partial charge in [-0.25, -0.2) is 4.39 Å². The second-order valence-electron chi connectivity index (χ2n) is 8.87. The van der Waals surface area contributed by atoms with Crippen LogP contribution < -0.4 is 9.64 Å². The summed E-state index contributed by atoms with van der Waals surface area (Å²) in [6.07, 6.45) is -4.31. The fourth-order valence-corrected chi connectivity index (χ4v) is 4.99. The summed E-state index contributed by atoms with van der Waals surface area (Å²) in [5.41, 5.74) is 0.589. The lowest BCUT2D eigenvalue weighted by molar-refractivity contribution is -0.148. The number of carbonyl (C=O) groups is 1. The predicted octanol–water partition coefficient (Wildman–Crippen LogP) is 2.09. The van der Waals surface area contributed by atoms with E-state index >= 15 is 0 Å². The van der Waals surface area contributed by atoms with Gasteiger partial charge in [0, 0.05) is 37.8 Å². The first-order chi connectivity index (χ1) is 17.6. The Morgan fingerprint density at radius 3 is 2.70 bits per heavy atom. The Bertz CT molecular complexity index is 1420. The van der Waals surface area contributed by atoms with Crippen LogP contribution in [-0.4, -0.2) is 68.5 Å². The van der Waals surface area contributed by atoms with Crippen LogP contribution in [0.5, 0.6) is 5.75 Å². The van der Waals surface area contributed by atoms with Gasteiger partial charge in [0.2, 0.25) is 11.7 Å². The number of nitrogens with zero attached hydrogens (tertiary/aromatic N) is 7. The van der Waals surface area contributed by atoms with Crippen LogP contribution >= 0.6 is 0 Å². The van der Waals surface area contributed by atoms with Gasteiger partial charge in [-0.2, -0.15) is 18.4 Å². The number of halogens is 4. The number of amides is 1. The van der Waals surface area contributed by atoms with Crippen LogP contribution in [0.2, 0.25) is 0 Å². The number of pyridine rings is 1. The van der Waals surface area contributed by atoms with Gasteiger partial charge in [-0.3, -0.25) is 9.78 Å². The monoisotopic (exact) mass is 519 g/mol. The summed E-state index contributed by atoms with van der Waals surface area (Å²) in [5.74, 6) is -2.95. The van der Waals surface area contributed by atoms with E-state index in [0.29, 0.717) is 11.1 Å². The third-order valence-corrected chi connectivity index (χ3v) is 6.79. The van der Waals surface area contributed by atoms with E-state index in [1.54, 1.807) is 11.0 Å². The molecule has 0 radical (unpaired) electrons. The van der Waals surface area contributed by atoms with E-state index in [-0.39, 0.29) is 61.8 Å². The van der Waals surface area contributed by atoms with Gasteiger partial charge in [-0.05, 0) is 18.6 Å². The Morgan fingerprint density at radius 1 is 1.24 bits per heavy atom. The molecule has 0 aliphatic carbocycles. The molecule has 1 fully saturated rings. The molecular formula is C23H21F4N7O3. The van der Waals surface area contributed by atoms with E-state index in [2.05, 4.69) is 15.2 Å². The molecule has 37 heavy (non-hydrogen) atoms. The number of aliphatic hydroxyl groups is 1. The molecule has 14 heteroatoms. The third kappa shape index (κ3) is 4.18. The molecule has 1 saturated heterocycles. The van der Waals surface area contributed by atoms with E-state index in [0.717, 1.165) is 4.57 Å². The van der Waals surface area contributed by atoms with Crippen LogP contribution in [0.3, 0.4) is 0 Å². The number of methoxy groups -OCH3 is 1. The summed E-state index contributed by atoms with van der Waals surface area (Å²) in [5, 5.41) is 27.7. The molecule has 1 N–H and O–H groups in total. The molecule has 194 valence electrons. The van der Waals surface area contributed by atoms with Crippen LogP contribution in [0.1, 0.15) is 23.6 Å². The number of ether oxygens (including phenoxy) is 1. The number of fused-ring (bicyclic) bond motifs is 2. The Balaban J connectivity index is 1.36. The van der Waals surface area contributed by atoms with Gasteiger partial charge in [0.15, 0.2) is 17.4 Å². The number of anilines is 1. The number of hydrogen-bond acceptors (Lipinski definition) is 8. The van der Waals surface area contributed by atoms with E-state index in [9.17, 15) is 32.7 Å². The maximum Gasteiger partial charge on any atom is 0.451 e. The average Bonchev–Trinajstić information content (AvgIpc) is 3.32. The molecule has 0 unspecified atom stereocenters. The van der Waals surface area contributed by atoms with Crippen molar-refractivity contribution in [1.82, 2.24) is 24.6 Å². The number of rotatable bonds is 3. The molecule has 2 aliphatic rings. The molecule has 0 bridgehead atoms. The lowest BCUT2D eigenvalue weighted by Crippen LogP contribution is -2.52. The van der Waals surface area contributed by atoms with E-state index < -0.39 is 35.7 Å². The minimum Gasteiger partial charge on any atom is -0.494 e. The molecule has 2 aliphatic heterocycles. The minimum atomic E-state index is -4.64. The zero-order valence-electron chi connectivity index (χ0n) is 19.5. The lowest BCUT2D eigenvalue weighted by Gasteiger charge is -2.39. The third-order valence-electron chi connectivity index (χ3n) is 6.79. The van der Waals surface area contributed by atoms with Crippen LogP contribution in [0, 0.1) is 23.1 Å². The van der Waals surface area contributed by atoms with Crippen molar-refractivity contribution >= 4 is 22.5 Å². The van der Waals surface area contributed by atoms with Crippen LogP contribution in [-0.2, 0) is 24.1 Å². The molecule has 1 amide bonds. The number of carbonyl (C=O) groups excluding carboxylic acids is 1. The number of piperidine rings is 1. The van der Waals surface area contributed by atoms with Crippen molar-refractivity contribution in [3.63, 3.8) is 0 Å². The summed E-state index contributed by atoms with van der Waals surface area (Å²) in [6, 6.07) is 5.06. The lowest BCUT2D eigenvalue weighted by atomic mass is 9.91. The number of β-amino-alcohol motifs (C(OH)–C–C–N with tert-alkyl or cyclic N) is 1. The van der Waals surface area contributed by atoms with Gasteiger partial charge < -0.3 is 24.2 Å². The van der Waals surface area contributed by atoms with Crippen LogP contribution in [0.25, 0.3) is 10.9 Å². The average molecular weight is 519 g/mol. The van der Waals surface area contributed by atoms with Crippen molar-refractivity contribution in [2.75, 3.05) is 31.6 Å². The number of benzene rings is 1. The van der Waals surface area contributed by atoms with Gasteiger partial charge in [-0.15, -0.1) is 10.2 Å². The fraction of sp³-hybridized carbons (Fsp3) is 0.435. The maximum absolute atomic E-state index is 14.8. The quantitative estimate of drug-likeness (QED) is 0.523. The summed E-state index contributed by atoms with van der Waals surface area (Å²) < 4.78 is 60.1. The summed E-state index contributed by atoms with van der Waals surface area (Å²) >= 11 is 0. The number of hydrogen-bond donors (Lipinski definition) is 1. The summed E-state index contributed by atoms with van der Waals surface area (Å²) in [6.45, 7) is 0.0246. The number of aromatic nitrogens is 4. The first-order valence-electron chi connectivity index (χ1n) is 11.4. The van der Waals surface area contributed by atoms with Gasteiger partial charge in [0.05, 0.1) is 36.9 Å². The topological polar surface area (TPSA) is 120 Å². The minimum absolute atomic E-state index is 0.000263. The van der Waals surface area contributed by atoms with Crippen molar-refractivity contribution in [2.45, 2.75) is 31.8 Å². The molecule has 0 saturated carbocycles. The zero-order chi connectivity index (χ0) is 26.5. The zero-order valence-corrected chi connectivity index (χ0v) is 19.5. The molecule has 10 nitrogen and oxygen atoms in total. The fourth-order valence-electron chi connectivity index (χ4n) is 4.99. The van der Waals surface area contributed by atoms with Crippen LogP contribution in [0.15, 0.2) is 18.3 Å². The molecule has 4 heterocycles. The van der Waals surface area contributed by atoms with Gasteiger partial charge >= 0.3 is 6.18 Å². The number of nitriles is 1. The second-order valence-corrected chi connectivity index (χ2v) is 8.87. The summed E-state index contributed by atoms with van der Waals surface area (Å²) in [4.78, 5) is 20.4. The molecule has 2 aromatic heterocycles. The number of alkyl halides is 3. The van der Waals surface area contributed by atoms with Gasteiger partial charge in [0.1, 0.15) is 11.6 Å². The van der Waals surface area contributed by atoms with E-state index in [1.165, 1.54) is 24.3 Å². The largest absolute Gasteiger partial charge is 0.494 e. The highest BCUT2D eigenvalue weighted by Gasteiger charge is 2.42. The molecule has 0 spiro atoms. The maximum atomic E-state index is 14.8. The van der Waals surface area contributed by atoms with Crippen molar-refractivity contribution < 1.29 is 32.2 Å². The SMILES string of the molecule is COc1ccc2c(N3CC[C@@H](C(=O)N4CCn5c(nnc5C(F)(F)F)C4)[C@@H](O)C3)c(C#N)cnc2c1F. The Hall–Kier alpha value is -3.99. The summed E-state index contributed by atoms with van der Waals surface area (Å²) in [7, 11) is 1.33. The highest BCUT2D eigenvalue weighted by molar-refractivity contribution is 5.95. The van der Waals surface area contributed by atoms with Gasteiger partial charge in [0.25, 0.3) is 0 Å². The van der Waals surface area contributed by atoms with Gasteiger partial charge in [-0.1, -0.05) is 0 Å². The normalized spacial score (nSPS) is 20.0.